The first-order valence-electron chi connectivity index (χ1n) is 5.13. The Labute approximate surface area is 114 Å². The molecular formula is C11H9ClFN3O2S. The lowest BCUT2D eigenvalue weighted by molar-refractivity contribution is 0.593. The summed E-state index contributed by atoms with van der Waals surface area (Å²) in [6, 6.07) is 5.09. The molecule has 0 amide bonds. The number of hydrogen-bond acceptors (Lipinski definition) is 4. The molecule has 1 heterocycles. The van der Waals surface area contributed by atoms with Crippen molar-refractivity contribution in [2.24, 2.45) is 0 Å². The Hall–Kier alpha value is -1.73. The maximum absolute atomic E-state index is 12.8. The number of benzene rings is 1. The molecule has 8 heteroatoms. The van der Waals surface area contributed by atoms with Gasteiger partial charge in [-0.25, -0.2) is 22.8 Å². The molecule has 0 unspecified atom stereocenters. The molecule has 0 radical (unpaired) electrons. The summed E-state index contributed by atoms with van der Waals surface area (Å²) < 4.78 is 38.3. The fraction of sp³-hybridized carbons (Fsp3) is 0.0909. The third kappa shape index (κ3) is 2.82. The van der Waals surface area contributed by atoms with Crippen molar-refractivity contribution in [3.8, 4) is 0 Å². The molecule has 0 spiro atoms. The third-order valence-electron chi connectivity index (χ3n) is 2.45. The molecule has 0 fully saturated rings. The standard InChI is InChI=1S/C11H9ClFN3O2S/c1-16(9-4-2-8(13)3-5-9)19(17,18)10-6-14-11(12)15-7-10/h2-7H,1H3. The highest BCUT2D eigenvalue weighted by Gasteiger charge is 2.22. The van der Waals surface area contributed by atoms with Crippen LogP contribution in [0, 0.1) is 5.82 Å². The lowest BCUT2D eigenvalue weighted by atomic mass is 10.3. The molecule has 0 bridgehead atoms. The van der Waals surface area contributed by atoms with Crippen molar-refractivity contribution in [1.29, 1.82) is 0 Å². The van der Waals surface area contributed by atoms with Gasteiger partial charge in [-0.3, -0.25) is 4.31 Å². The summed E-state index contributed by atoms with van der Waals surface area (Å²) in [5.41, 5.74) is 0.330. The highest BCUT2D eigenvalue weighted by molar-refractivity contribution is 7.92. The van der Waals surface area contributed by atoms with Crippen molar-refractivity contribution in [3.05, 3.63) is 47.8 Å². The lowest BCUT2D eigenvalue weighted by Gasteiger charge is -2.18. The van der Waals surface area contributed by atoms with Crippen LogP contribution in [0.5, 0.6) is 0 Å². The molecule has 0 saturated heterocycles. The highest BCUT2D eigenvalue weighted by atomic mass is 35.5. The van der Waals surface area contributed by atoms with Crippen molar-refractivity contribution in [3.63, 3.8) is 0 Å². The van der Waals surface area contributed by atoms with Gasteiger partial charge in [0.1, 0.15) is 10.7 Å². The number of aromatic nitrogens is 2. The average molecular weight is 302 g/mol. The van der Waals surface area contributed by atoms with Crippen molar-refractivity contribution in [2.45, 2.75) is 4.90 Å². The molecule has 1 aromatic carbocycles. The first-order valence-corrected chi connectivity index (χ1v) is 6.95. The van der Waals surface area contributed by atoms with Crippen LogP contribution in [0.25, 0.3) is 0 Å². The second-order valence-electron chi connectivity index (χ2n) is 3.64. The van der Waals surface area contributed by atoms with E-state index in [0.29, 0.717) is 5.69 Å². The summed E-state index contributed by atoms with van der Waals surface area (Å²) in [5.74, 6) is -0.440. The molecule has 2 rings (SSSR count). The first-order chi connectivity index (χ1) is 8.91. The zero-order chi connectivity index (χ0) is 14.0. The number of sulfonamides is 1. The van der Waals surface area contributed by atoms with E-state index in [4.69, 9.17) is 11.6 Å². The Balaban J connectivity index is 2.39. The van der Waals surface area contributed by atoms with Gasteiger partial charge in [0.25, 0.3) is 10.0 Å². The van der Waals surface area contributed by atoms with Gasteiger partial charge < -0.3 is 0 Å². The SMILES string of the molecule is CN(c1ccc(F)cc1)S(=O)(=O)c1cnc(Cl)nc1. The summed E-state index contributed by atoms with van der Waals surface area (Å²) in [6.45, 7) is 0. The van der Waals surface area contributed by atoms with Gasteiger partial charge in [-0.2, -0.15) is 0 Å². The number of halogens is 2. The summed E-state index contributed by atoms with van der Waals surface area (Å²) in [4.78, 5) is 7.15. The largest absolute Gasteiger partial charge is 0.269 e. The quantitative estimate of drug-likeness (QED) is 0.814. The van der Waals surface area contributed by atoms with Crippen molar-refractivity contribution in [1.82, 2.24) is 9.97 Å². The summed E-state index contributed by atoms with van der Waals surface area (Å²) in [5, 5.41) is -0.0385. The van der Waals surface area contributed by atoms with Gasteiger partial charge in [-0.1, -0.05) is 0 Å². The van der Waals surface area contributed by atoms with E-state index in [9.17, 15) is 12.8 Å². The summed E-state index contributed by atoms with van der Waals surface area (Å²) in [7, 11) is -2.44. The summed E-state index contributed by atoms with van der Waals surface area (Å²) >= 11 is 5.50. The molecule has 0 aliphatic rings. The smallest absolute Gasteiger partial charge is 0.267 e. The van der Waals surface area contributed by atoms with Gasteiger partial charge in [0, 0.05) is 7.05 Å². The predicted octanol–water partition coefficient (Wildman–Crippen LogP) is 2.09. The second-order valence-corrected chi connectivity index (χ2v) is 5.94. The Morgan fingerprint density at radius 1 is 1.16 bits per heavy atom. The molecule has 100 valence electrons. The molecule has 0 N–H and O–H groups in total. The number of anilines is 1. The topological polar surface area (TPSA) is 63.2 Å². The molecule has 0 aliphatic carbocycles. The molecule has 19 heavy (non-hydrogen) atoms. The van der Waals surface area contributed by atoms with Crippen LogP contribution in [0.2, 0.25) is 5.28 Å². The monoisotopic (exact) mass is 301 g/mol. The van der Waals surface area contributed by atoms with Gasteiger partial charge in [0.15, 0.2) is 0 Å². The van der Waals surface area contributed by atoms with Gasteiger partial charge >= 0.3 is 0 Å². The van der Waals surface area contributed by atoms with Crippen LogP contribution in [-0.4, -0.2) is 25.4 Å². The minimum Gasteiger partial charge on any atom is -0.269 e. The van der Waals surface area contributed by atoms with Gasteiger partial charge in [-0.05, 0) is 35.9 Å². The van der Waals surface area contributed by atoms with E-state index in [-0.39, 0.29) is 10.2 Å². The van der Waals surface area contributed by atoms with Gasteiger partial charge in [0.2, 0.25) is 5.28 Å². The minimum absolute atomic E-state index is 0.0385. The third-order valence-corrected chi connectivity index (χ3v) is 4.38. The van der Waals surface area contributed by atoms with E-state index in [2.05, 4.69) is 9.97 Å². The second kappa shape index (κ2) is 5.10. The number of nitrogens with zero attached hydrogens (tertiary/aromatic N) is 3. The van der Waals surface area contributed by atoms with Crippen molar-refractivity contribution >= 4 is 27.3 Å². The zero-order valence-electron chi connectivity index (χ0n) is 9.79. The normalized spacial score (nSPS) is 11.3. The van der Waals surface area contributed by atoms with E-state index >= 15 is 0 Å². The molecule has 0 atom stereocenters. The molecule has 0 saturated carbocycles. The fourth-order valence-corrected chi connectivity index (χ4v) is 2.57. The molecule has 1 aromatic heterocycles. The summed E-state index contributed by atoms with van der Waals surface area (Å²) in [6.07, 6.45) is 2.23. The van der Waals surface area contributed by atoms with Gasteiger partial charge in [0.05, 0.1) is 18.1 Å². The van der Waals surface area contributed by atoms with Gasteiger partial charge in [-0.15, -0.1) is 0 Å². The van der Waals surface area contributed by atoms with Crippen LogP contribution < -0.4 is 4.31 Å². The lowest BCUT2D eigenvalue weighted by Crippen LogP contribution is -2.26. The number of hydrogen-bond donors (Lipinski definition) is 0. The van der Waals surface area contributed by atoms with Crippen molar-refractivity contribution in [2.75, 3.05) is 11.4 Å². The predicted molar refractivity (Wildman–Crippen MR) is 69.0 cm³/mol. The van der Waals surface area contributed by atoms with Crippen LogP contribution in [0.3, 0.4) is 0 Å². The Morgan fingerprint density at radius 3 is 2.21 bits per heavy atom. The molecule has 0 aliphatic heterocycles. The molecular weight excluding hydrogens is 293 g/mol. The highest BCUT2D eigenvalue weighted by Crippen LogP contribution is 2.21. The fourth-order valence-electron chi connectivity index (χ4n) is 1.38. The molecule has 2 aromatic rings. The Bertz CT molecular complexity index is 674. The van der Waals surface area contributed by atoms with E-state index < -0.39 is 15.8 Å². The number of rotatable bonds is 3. The van der Waals surface area contributed by atoms with E-state index in [1.807, 2.05) is 0 Å². The van der Waals surface area contributed by atoms with Crippen LogP contribution in [0.1, 0.15) is 0 Å². The first kappa shape index (κ1) is 13.7. The van der Waals surface area contributed by atoms with Crippen molar-refractivity contribution < 1.29 is 12.8 Å². The van der Waals surface area contributed by atoms with Crippen LogP contribution in [-0.2, 0) is 10.0 Å². The van der Waals surface area contributed by atoms with Crippen LogP contribution in [0.15, 0.2) is 41.6 Å². The van der Waals surface area contributed by atoms with E-state index in [1.165, 1.54) is 31.3 Å². The van der Waals surface area contributed by atoms with E-state index in [1.54, 1.807) is 0 Å². The van der Waals surface area contributed by atoms with E-state index in [0.717, 1.165) is 16.7 Å². The Kier molecular flexibility index (Phi) is 3.68. The minimum atomic E-state index is -3.79. The Morgan fingerprint density at radius 2 is 1.68 bits per heavy atom. The van der Waals surface area contributed by atoms with Crippen LogP contribution >= 0.6 is 11.6 Å². The average Bonchev–Trinajstić information content (AvgIpc) is 2.39. The molecule has 5 nitrogen and oxygen atoms in total. The maximum atomic E-state index is 12.8. The zero-order valence-corrected chi connectivity index (χ0v) is 11.4. The van der Waals surface area contributed by atoms with Crippen LogP contribution in [0.4, 0.5) is 10.1 Å². The maximum Gasteiger partial charge on any atom is 0.267 e.